The molecule has 32 heavy (non-hydrogen) atoms. The topological polar surface area (TPSA) is 99.3 Å². The van der Waals surface area contributed by atoms with Crippen LogP contribution in [0.15, 0.2) is 60.7 Å². The molecule has 160 valence electrons. The smallest absolute Gasteiger partial charge is 0.269 e. The Labute approximate surface area is 189 Å². The molecule has 0 spiro atoms. The minimum atomic E-state index is -0.469. The van der Waals surface area contributed by atoms with Crippen LogP contribution in [0.1, 0.15) is 27.1 Å². The summed E-state index contributed by atoms with van der Waals surface area (Å²) in [6.45, 7) is 2.46. The van der Waals surface area contributed by atoms with Crippen LogP contribution in [0.3, 0.4) is 0 Å². The number of nitro groups is 1. The monoisotopic (exact) mass is 444 g/mol. The van der Waals surface area contributed by atoms with E-state index < -0.39 is 4.92 Å². The van der Waals surface area contributed by atoms with E-state index in [2.05, 4.69) is 28.4 Å². The zero-order chi connectivity index (χ0) is 22.5. The van der Waals surface area contributed by atoms with Gasteiger partial charge in [-0.2, -0.15) is 5.26 Å². The summed E-state index contributed by atoms with van der Waals surface area (Å²) in [5.74, 6) is -0.348. The summed E-state index contributed by atoms with van der Waals surface area (Å²) in [7, 11) is 0. The predicted octanol–water partition coefficient (Wildman–Crippen LogP) is 4.74. The van der Waals surface area contributed by atoms with Gasteiger partial charge in [0.2, 0.25) is 5.91 Å². The maximum Gasteiger partial charge on any atom is 0.269 e. The molecule has 1 N–H and O–H groups in total. The van der Waals surface area contributed by atoms with Gasteiger partial charge in [0.05, 0.1) is 10.5 Å². The van der Waals surface area contributed by atoms with E-state index in [-0.39, 0.29) is 11.6 Å². The van der Waals surface area contributed by atoms with Crippen molar-refractivity contribution in [2.24, 2.45) is 0 Å². The summed E-state index contributed by atoms with van der Waals surface area (Å²) >= 11 is 1.45. The van der Waals surface area contributed by atoms with E-state index in [1.54, 1.807) is 18.2 Å². The standard InChI is InChI=1S/C24H20N4O3S/c25-14-21-20-12-13-27(15-18-4-2-1-3-5-18)16-22(20)32-24(21)26-23(29)11-8-17-6-9-19(10-7-17)28(30)31/h1-11H,12-13,15-16H2,(H,26,29). The Kier molecular flexibility index (Phi) is 6.40. The molecule has 0 saturated heterocycles. The number of non-ortho nitro benzene ring substituents is 1. The summed E-state index contributed by atoms with van der Waals surface area (Å²) in [6, 6.07) is 18.5. The van der Waals surface area contributed by atoms with Crippen LogP contribution in [-0.4, -0.2) is 22.3 Å². The van der Waals surface area contributed by atoms with Crippen molar-refractivity contribution in [3.63, 3.8) is 0 Å². The van der Waals surface area contributed by atoms with Crippen LogP contribution < -0.4 is 5.32 Å². The van der Waals surface area contributed by atoms with Crippen LogP contribution in [0, 0.1) is 21.4 Å². The number of anilines is 1. The first-order valence-corrected chi connectivity index (χ1v) is 10.9. The maximum atomic E-state index is 12.4. The number of benzene rings is 2. The summed E-state index contributed by atoms with van der Waals surface area (Å²) in [4.78, 5) is 26.1. The van der Waals surface area contributed by atoms with E-state index in [1.807, 2.05) is 18.2 Å². The van der Waals surface area contributed by atoms with Crippen LogP contribution in [0.25, 0.3) is 6.08 Å². The molecule has 1 aliphatic heterocycles. The lowest BCUT2D eigenvalue weighted by atomic mass is 10.0. The van der Waals surface area contributed by atoms with Crippen molar-refractivity contribution in [2.75, 3.05) is 11.9 Å². The SMILES string of the molecule is N#Cc1c(NC(=O)C=Cc2ccc([N+](=O)[O-])cc2)sc2c1CCN(Cc1ccccc1)C2. The molecule has 0 radical (unpaired) electrons. The van der Waals surface area contributed by atoms with Crippen LogP contribution in [0.5, 0.6) is 0 Å². The van der Waals surface area contributed by atoms with Gasteiger partial charge in [0.1, 0.15) is 11.1 Å². The number of carbonyl (C=O) groups excluding carboxylic acids is 1. The number of amides is 1. The lowest BCUT2D eigenvalue weighted by Gasteiger charge is -2.26. The fraction of sp³-hybridized carbons (Fsp3) is 0.167. The van der Waals surface area contributed by atoms with Crippen molar-refractivity contribution < 1.29 is 9.72 Å². The molecular weight excluding hydrogens is 424 g/mol. The molecule has 1 aromatic heterocycles. The van der Waals surface area contributed by atoms with E-state index >= 15 is 0 Å². The number of nitrogens with one attached hydrogen (secondary N) is 1. The number of hydrogen-bond donors (Lipinski definition) is 1. The summed E-state index contributed by atoms with van der Waals surface area (Å²) < 4.78 is 0. The van der Waals surface area contributed by atoms with Gasteiger partial charge in [-0.3, -0.25) is 19.8 Å². The molecule has 7 nitrogen and oxygen atoms in total. The van der Waals surface area contributed by atoms with Crippen molar-refractivity contribution in [2.45, 2.75) is 19.5 Å². The molecule has 2 heterocycles. The molecule has 1 aliphatic rings. The lowest BCUT2D eigenvalue weighted by molar-refractivity contribution is -0.384. The zero-order valence-corrected chi connectivity index (χ0v) is 18.0. The highest BCUT2D eigenvalue weighted by Crippen LogP contribution is 2.37. The summed E-state index contributed by atoms with van der Waals surface area (Å²) in [5, 5.41) is 23.8. The molecule has 0 bridgehead atoms. The Morgan fingerprint density at radius 3 is 2.66 bits per heavy atom. The van der Waals surface area contributed by atoms with E-state index in [9.17, 15) is 20.2 Å². The minimum Gasteiger partial charge on any atom is -0.313 e. The fourth-order valence-corrected chi connectivity index (χ4v) is 4.92. The maximum absolute atomic E-state index is 12.4. The van der Waals surface area contributed by atoms with Gasteiger partial charge in [-0.1, -0.05) is 30.3 Å². The number of rotatable bonds is 6. The molecule has 0 atom stereocenters. The normalized spacial score (nSPS) is 13.5. The molecule has 8 heteroatoms. The second-order valence-corrected chi connectivity index (χ2v) is 8.54. The van der Waals surface area contributed by atoms with E-state index in [4.69, 9.17) is 0 Å². The second-order valence-electron chi connectivity index (χ2n) is 7.44. The number of carbonyl (C=O) groups is 1. The van der Waals surface area contributed by atoms with Crippen LogP contribution in [-0.2, 0) is 24.3 Å². The Bertz CT molecular complexity index is 1210. The minimum absolute atomic E-state index is 0.00395. The number of hydrogen-bond acceptors (Lipinski definition) is 6. The number of nitro benzene ring substituents is 1. The van der Waals surface area contributed by atoms with Gasteiger partial charge in [0.15, 0.2) is 0 Å². The van der Waals surface area contributed by atoms with Crippen molar-refractivity contribution in [3.05, 3.63) is 97.9 Å². The molecule has 3 aromatic rings. The fourth-order valence-electron chi connectivity index (χ4n) is 3.67. The molecule has 0 aliphatic carbocycles. The molecular formula is C24H20N4O3S. The van der Waals surface area contributed by atoms with Gasteiger partial charge in [-0.15, -0.1) is 11.3 Å². The average Bonchev–Trinajstić information content (AvgIpc) is 3.14. The third kappa shape index (κ3) is 4.91. The summed E-state index contributed by atoms with van der Waals surface area (Å²) in [6.07, 6.45) is 3.72. The number of nitriles is 1. The Morgan fingerprint density at radius 1 is 1.22 bits per heavy atom. The first-order valence-electron chi connectivity index (χ1n) is 10.1. The first kappa shape index (κ1) is 21.4. The zero-order valence-electron chi connectivity index (χ0n) is 17.2. The van der Waals surface area contributed by atoms with Crippen LogP contribution in [0.2, 0.25) is 0 Å². The first-order chi connectivity index (χ1) is 15.5. The predicted molar refractivity (Wildman–Crippen MR) is 124 cm³/mol. The third-order valence-corrected chi connectivity index (χ3v) is 6.40. The Balaban J connectivity index is 1.44. The van der Waals surface area contributed by atoms with Gasteiger partial charge >= 0.3 is 0 Å². The van der Waals surface area contributed by atoms with Crippen molar-refractivity contribution >= 4 is 34.0 Å². The number of thiophene rings is 1. The van der Waals surface area contributed by atoms with Crippen molar-refractivity contribution in [1.82, 2.24) is 4.90 Å². The summed E-state index contributed by atoms with van der Waals surface area (Å²) in [5.41, 5.74) is 3.49. The highest BCUT2D eigenvalue weighted by atomic mass is 32.1. The Morgan fingerprint density at radius 2 is 1.97 bits per heavy atom. The number of fused-ring (bicyclic) bond motifs is 1. The lowest BCUT2D eigenvalue weighted by Crippen LogP contribution is -2.29. The van der Waals surface area contributed by atoms with E-state index in [0.29, 0.717) is 16.1 Å². The van der Waals surface area contributed by atoms with E-state index in [1.165, 1.54) is 35.1 Å². The molecule has 4 rings (SSSR count). The average molecular weight is 445 g/mol. The highest BCUT2D eigenvalue weighted by molar-refractivity contribution is 7.16. The van der Waals surface area contributed by atoms with Gasteiger partial charge in [0, 0.05) is 42.7 Å². The van der Waals surface area contributed by atoms with Crippen LogP contribution in [0.4, 0.5) is 10.7 Å². The van der Waals surface area contributed by atoms with Crippen molar-refractivity contribution in [3.8, 4) is 6.07 Å². The van der Waals surface area contributed by atoms with Gasteiger partial charge < -0.3 is 5.32 Å². The van der Waals surface area contributed by atoms with Gasteiger partial charge in [0.25, 0.3) is 5.69 Å². The highest BCUT2D eigenvalue weighted by Gasteiger charge is 2.25. The van der Waals surface area contributed by atoms with Gasteiger partial charge in [-0.25, -0.2) is 0 Å². The van der Waals surface area contributed by atoms with Crippen molar-refractivity contribution in [1.29, 1.82) is 5.26 Å². The molecule has 0 fully saturated rings. The van der Waals surface area contributed by atoms with Crippen LogP contribution >= 0.6 is 11.3 Å². The Hall–Kier alpha value is -3.80. The molecule has 0 saturated carbocycles. The molecule has 2 aromatic carbocycles. The largest absolute Gasteiger partial charge is 0.313 e. The third-order valence-electron chi connectivity index (χ3n) is 5.26. The van der Waals surface area contributed by atoms with Gasteiger partial charge in [-0.05, 0) is 41.3 Å². The second kappa shape index (κ2) is 9.56. The van der Waals surface area contributed by atoms with E-state index in [0.717, 1.165) is 36.5 Å². The molecule has 1 amide bonds. The quantitative estimate of drug-likeness (QED) is 0.336. The number of nitrogens with zero attached hydrogens (tertiary/aromatic N) is 3. The molecule has 0 unspecified atom stereocenters.